The van der Waals surface area contributed by atoms with Gasteiger partial charge in [-0.1, -0.05) is 22.9 Å². The molecule has 1 atom stereocenters. The molecule has 0 fully saturated rings. The second kappa shape index (κ2) is 4.86. The first-order valence-corrected chi connectivity index (χ1v) is 5.49. The highest BCUT2D eigenvalue weighted by Crippen LogP contribution is 2.40. The van der Waals surface area contributed by atoms with Gasteiger partial charge in [-0.3, -0.25) is 0 Å². The van der Waals surface area contributed by atoms with Crippen molar-refractivity contribution in [1.82, 2.24) is 0 Å². The molecule has 0 spiro atoms. The molecule has 1 aromatic carbocycles. The molecule has 3 nitrogen and oxygen atoms in total. The predicted molar refractivity (Wildman–Crippen MR) is 62.6 cm³/mol. The topological polar surface area (TPSA) is 49.7 Å². The summed E-state index contributed by atoms with van der Waals surface area (Å²) < 4.78 is 5.92. The maximum atomic E-state index is 9.94. The van der Waals surface area contributed by atoms with Crippen molar-refractivity contribution in [1.29, 1.82) is 0 Å². The van der Waals surface area contributed by atoms with Crippen molar-refractivity contribution in [3.05, 3.63) is 21.7 Å². The van der Waals surface area contributed by atoms with E-state index in [0.29, 0.717) is 5.75 Å². The van der Waals surface area contributed by atoms with Gasteiger partial charge in [-0.05, 0) is 18.6 Å². The molecule has 15 heavy (non-hydrogen) atoms. The summed E-state index contributed by atoms with van der Waals surface area (Å²) in [5, 5.41) is 19.1. The van der Waals surface area contributed by atoms with Crippen LogP contribution in [-0.4, -0.2) is 23.9 Å². The van der Waals surface area contributed by atoms with Crippen molar-refractivity contribution < 1.29 is 14.9 Å². The average Bonchev–Trinajstić information content (AvgIpc) is 2.23. The number of hydrogen-bond donors (Lipinski definition) is 2. The van der Waals surface area contributed by atoms with Crippen molar-refractivity contribution in [3.8, 4) is 11.5 Å². The third-order valence-electron chi connectivity index (χ3n) is 2.50. The molecular weight excluding hydrogens is 260 g/mol. The summed E-state index contributed by atoms with van der Waals surface area (Å²) in [4.78, 5) is 0. The highest BCUT2D eigenvalue weighted by atomic mass is 79.9. The minimum absolute atomic E-state index is 0.00594. The van der Waals surface area contributed by atoms with Crippen LogP contribution in [0.3, 0.4) is 0 Å². The molecule has 84 valence electrons. The van der Waals surface area contributed by atoms with Crippen molar-refractivity contribution in [2.45, 2.75) is 19.8 Å². The molecule has 2 N–H and O–H groups in total. The molecule has 0 radical (unpaired) electrons. The van der Waals surface area contributed by atoms with E-state index in [2.05, 4.69) is 15.9 Å². The van der Waals surface area contributed by atoms with Crippen LogP contribution in [0.15, 0.2) is 10.5 Å². The Kier molecular flexibility index (Phi) is 3.99. The smallest absolute Gasteiger partial charge is 0.161 e. The zero-order chi connectivity index (χ0) is 11.6. The van der Waals surface area contributed by atoms with E-state index in [9.17, 15) is 5.11 Å². The van der Waals surface area contributed by atoms with Gasteiger partial charge in [-0.15, -0.1) is 0 Å². The van der Waals surface area contributed by atoms with E-state index in [1.54, 1.807) is 6.07 Å². The molecule has 1 unspecified atom stereocenters. The number of hydrogen-bond acceptors (Lipinski definition) is 3. The minimum Gasteiger partial charge on any atom is -0.504 e. The lowest BCUT2D eigenvalue weighted by Crippen LogP contribution is -2.03. The first-order chi connectivity index (χ1) is 7.02. The van der Waals surface area contributed by atoms with E-state index in [1.807, 2.05) is 13.8 Å². The summed E-state index contributed by atoms with van der Waals surface area (Å²) in [6.45, 7) is 3.74. The van der Waals surface area contributed by atoms with Crippen LogP contribution in [0, 0.1) is 6.92 Å². The third kappa shape index (κ3) is 2.26. The van der Waals surface area contributed by atoms with Crippen LogP contribution in [0.4, 0.5) is 0 Å². The fraction of sp³-hybridized carbons (Fsp3) is 0.455. The Morgan fingerprint density at radius 1 is 1.53 bits per heavy atom. The largest absolute Gasteiger partial charge is 0.504 e. The van der Waals surface area contributed by atoms with E-state index >= 15 is 0 Å². The van der Waals surface area contributed by atoms with E-state index in [1.165, 1.54) is 7.11 Å². The Bertz CT molecular complexity index is 363. The number of ether oxygens (including phenoxy) is 1. The van der Waals surface area contributed by atoms with E-state index in [-0.39, 0.29) is 18.3 Å². The monoisotopic (exact) mass is 274 g/mol. The van der Waals surface area contributed by atoms with Crippen LogP contribution in [0.1, 0.15) is 24.0 Å². The van der Waals surface area contributed by atoms with Crippen LogP contribution in [0.5, 0.6) is 11.5 Å². The minimum atomic E-state index is -0.114. The number of aromatic hydroxyl groups is 1. The van der Waals surface area contributed by atoms with Gasteiger partial charge in [0.2, 0.25) is 0 Å². The molecule has 0 bridgehead atoms. The van der Waals surface area contributed by atoms with Gasteiger partial charge < -0.3 is 14.9 Å². The Morgan fingerprint density at radius 3 is 2.60 bits per heavy atom. The number of benzene rings is 1. The summed E-state index contributed by atoms with van der Waals surface area (Å²) in [6.07, 6.45) is 0. The van der Waals surface area contributed by atoms with Crippen LogP contribution in [-0.2, 0) is 0 Å². The zero-order valence-corrected chi connectivity index (χ0v) is 10.6. The predicted octanol–water partition coefficient (Wildman–Crippen LogP) is 2.57. The van der Waals surface area contributed by atoms with Crippen molar-refractivity contribution in [3.63, 3.8) is 0 Å². The fourth-order valence-electron chi connectivity index (χ4n) is 1.58. The van der Waals surface area contributed by atoms with Gasteiger partial charge in [0.05, 0.1) is 7.11 Å². The molecule has 0 aliphatic carbocycles. The molecule has 4 heteroatoms. The van der Waals surface area contributed by atoms with Crippen LogP contribution < -0.4 is 4.74 Å². The van der Waals surface area contributed by atoms with Crippen LogP contribution in [0.2, 0.25) is 0 Å². The Balaban J connectivity index is 3.40. The van der Waals surface area contributed by atoms with Crippen molar-refractivity contribution in [2.24, 2.45) is 0 Å². The van der Waals surface area contributed by atoms with Crippen LogP contribution in [0.25, 0.3) is 0 Å². The molecule has 0 aliphatic heterocycles. The van der Waals surface area contributed by atoms with E-state index in [0.717, 1.165) is 15.6 Å². The molecular formula is C11H15BrO3. The van der Waals surface area contributed by atoms with Gasteiger partial charge in [0, 0.05) is 22.6 Å². The molecule has 0 saturated heterocycles. The number of rotatable bonds is 3. The van der Waals surface area contributed by atoms with Gasteiger partial charge >= 0.3 is 0 Å². The fourth-order valence-corrected chi connectivity index (χ4v) is 2.00. The maximum Gasteiger partial charge on any atom is 0.161 e. The van der Waals surface area contributed by atoms with Gasteiger partial charge in [0.15, 0.2) is 11.5 Å². The van der Waals surface area contributed by atoms with E-state index < -0.39 is 0 Å². The van der Waals surface area contributed by atoms with E-state index in [4.69, 9.17) is 9.84 Å². The SMILES string of the molecule is COc1cc(Br)c(C)c(C(C)CO)c1O. The quantitative estimate of drug-likeness (QED) is 0.891. The number of aliphatic hydroxyl groups is 1. The lowest BCUT2D eigenvalue weighted by molar-refractivity contribution is 0.268. The van der Waals surface area contributed by atoms with Crippen molar-refractivity contribution >= 4 is 15.9 Å². The molecule has 0 aliphatic rings. The molecule has 1 rings (SSSR count). The number of methoxy groups -OCH3 is 1. The second-order valence-corrected chi connectivity index (χ2v) is 4.39. The first-order valence-electron chi connectivity index (χ1n) is 4.69. The second-order valence-electron chi connectivity index (χ2n) is 3.53. The molecule has 0 saturated carbocycles. The lowest BCUT2D eigenvalue weighted by atomic mass is 9.95. The van der Waals surface area contributed by atoms with Crippen molar-refractivity contribution in [2.75, 3.05) is 13.7 Å². The summed E-state index contributed by atoms with van der Waals surface area (Å²) in [5.74, 6) is 0.416. The highest BCUT2D eigenvalue weighted by Gasteiger charge is 2.18. The summed E-state index contributed by atoms with van der Waals surface area (Å²) in [5.41, 5.74) is 1.65. The van der Waals surface area contributed by atoms with Gasteiger partial charge in [0.1, 0.15) is 0 Å². The summed E-state index contributed by atoms with van der Waals surface area (Å²) in [7, 11) is 1.50. The Labute approximate surface area is 97.8 Å². The Hall–Kier alpha value is -0.740. The van der Waals surface area contributed by atoms with Crippen LogP contribution >= 0.6 is 15.9 Å². The van der Waals surface area contributed by atoms with Gasteiger partial charge in [0.25, 0.3) is 0 Å². The van der Waals surface area contributed by atoms with Gasteiger partial charge in [-0.25, -0.2) is 0 Å². The summed E-state index contributed by atoms with van der Waals surface area (Å²) >= 11 is 3.40. The maximum absolute atomic E-state index is 9.94. The third-order valence-corrected chi connectivity index (χ3v) is 3.32. The lowest BCUT2D eigenvalue weighted by Gasteiger charge is -2.17. The average molecular weight is 275 g/mol. The number of aliphatic hydroxyl groups excluding tert-OH is 1. The molecule has 1 aromatic rings. The molecule has 0 amide bonds. The Morgan fingerprint density at radius 2 is 2.13 bits per heavy atom. The molecule has 0 aromatic heterocycles. The first kappa shape index (κ1) is 12.3. The molecule has 0 heterocycles. The number of halogens is 1. The highest BCUT2D eigenvalue weighted by molar-refractivity contribution is 9.10. The number of phenols is 1. The normalized spacial score (nSPS) is 12.6. The standard InChI is InChI=1S/C11H15BrO3/c1-6(5-13)10-7(2)8(12)4-9(15-3)11(10)14/h4,6,13-14H,5H2,1-3H3. The number of phenolic OH excluding ortho intramolecular Hbond substituents is 1. The zero-order valence-electron chi connectivity index (χ0n) is 9.04. The van der Waals surface area contributed by atoms with Gasteiger partial charge in [-0.2, -0.15) is 0 Å². The summed E-state index contributed by atoms with van der Waals surface area (Å²) in [6, 6.07) is 1.72.